The van der Waals surface area contributed by atoms with Crippen molar-refractivity contribution in [2.45, 2.75) is 31.7 Å². The summed E-state index contributed by atoms with van der Waals surface area (Å²) in [5, 5.41) is 14.7. The van der Waals surface area contributed by atoms with E-state index in [1.165, 1.54) is 11.3 Å². The van der Waals surface area contributed by atoms with Crippen molar-refractivity contribution in [3.8, 4) is 6.07 Å². The first-order valence-electron chi connectivity index (χ1n) is 9.34. The molecule has 7 nitrogen and oxygen atoms in total. The Labute approximate surface area is 162 Å². The largest absolute Gasteiger partial charge is 0.337 e. The molecule has 0 saturated carbocycles. The molecule has 1 atom stereocenters. The number of hydrogen-bond donors (Lipinski definition) is 1. The number of pyridine rings is 1. The van der Waals surface area contributed by atoms with Crippen LogP contribution >= 0.6 is 11.3 Å². The predicted octanol–water partition coefficient (Wildman–Crippen LogP) is 3.18. The molecule has 0 spiro atoms. The number of rotatable bonds is 5. The van der Waals surface area contributed by atoms with Gasteiger partial charge in [-0.05, 0) is 44.4 Å². The molecule has 4 heterocycles. The van der Waals surface area contributed by atoms with Crippen molar-refractivity contribution in [2.24, 2.45) is 0 Å². The summed E-state index contributed by atoms with van der Waals surface area (Å²) in [6.07, 6.45) is 4.24. The predicted molar refractivity (Wildman–Crippen MR) is 104 cm³/mol. The number of nitriles is 1. The quantitative estimate of drug-likeness (QED) is 0.800. The Kier molecular flexibility index (Phi) is 5.32. The van der Waals surface area contributed by atoms with Crippen LogP contribution in [0.2, 0.25) is 0 Å². The van der Waals surface area contributed by atoms with E-state index < -0.39 is 0 Å². The van der Waals surface area contributed by atoms with Crippen molar-refractivity contribution >= 4 is 28.2 Å². The number of nitrogens with zero attached hydrogens (tertiary/aromatic N) is 5. The monoisotopic (exact) mass is 382 g/mol. The van der Waals surface area contributed by atoms with Crippen LogP contribution in [0.15, 0.2) is 23.6 Å². The number of carbonyl (C=O) groups excluding carboxylic acids is 1. The molecule has 2 aliphatic heterocycles. The van der Waals surface area contributed by atoms with Gasteiger partial charge in [0, 0.05) is 18.5 Å². The molecule has 8 heteroatoms. The summed E-state index contributed by atoms with van der Waals surface area (Å²) in [6, 6.07) is 8.31. The Morgan fingerprint density at radius 1 is 1.26 bits per heavy atom. The first kappa shape index (κ1) is 17.9. The van der Waals surface area contributed by atoms with Crippen molar-refractivity contribution in [1.82, 2.24) is 19.8 Å². The summed E-state index contributed by atoms with van der Waals surface area (Å²) in [5.74, 6) is 0.724. The number of aromatic nitrogens is 2. The van der Waals surface area contributed by atoms with Crippen LogP contribution in [0.3, 0.4) is 0 Å². The fraction of sp³-hybridized carbons (Fsp3) is 0.474. The van der Waals surface area contributed by atoms with E-state index in [-0.39, 0.29) is 11.9 Å². The van der Waals surface area contributed by atoms with Gasteiger partial charge in [0.05, 0.1) is 24.3 Å². The molecule has 0 aromatic carbocycles. The van der Waals surface area contributed by atoms with Crippen LogP contribution in [0.5, 0.6) is 0 Å². The highest BCUT2D eigenvalue weighted by Gasteiger charge is 2.27. The maximum atomic E-state index is 12.4. The van der Waals surface area contributed by atoms with Crippen molar-refractivity contribution in [3.05, 3.63) is 35.0 Å². The molecule has 2 fully saturated rings. The topological polar surface area (TPSA) is 85.2 Å². The van der Waals surface area contributed by atoms with Gasteiger partial charge < -0.3 is 10.2 Å². The first-order valence-corrected chi connectivity index (χ1v) is 10.2. The standard InChI is InChI=1S/C19H22N6OS/c20-8-12-24-11-4-6-16(24)14-5-3-7-17(21-14)23-19-22-15(13-27-19)18(26)25-9-1-2-10-25/h3,5,7,13,16H,1-2,4,6,9-12H2,(H,21,22,23). The molecular weight excluding hydrogens is 360 g/mol. The van der Waals surface area contributed by atoms with E-state index in [1.807, 2.05) is 23.1 Å². The molecule has 1 amide bonds. The number of anilines is 2. The Morgan fingerprint density at radius 3 is 2.93 bits per heavy atom. The number of likely N-dealkylation sites (tertiary alicyclic amines) is 2. The second kappa shape index (κ2) is 8.03. The molecule has 2 aromatic rings. The van der Waals surface area contributed by atoms with Gasteiger partial charge in [-0.3, -0.25) is 9.69 Å². The van der Waals surface area contributed by atoms with E-state index in [0.29, 0.717) is 23.2 Å². The van der Waals surface area contributed by atoms with Gasteiger partial charge in [0.1, 0.15) is 11.5 Å². The molecule has 0 bridgehead atoms. The highest BCUT2D eigenvalue weighted by atomic mass is 32.1. The molecule has 140 valence electrons. The minimum Gasteiger partial charge on any atom is -0.337 e. The second-order valence-electron chi connectivity index (χ2n) is 6.90. The SMILES string of the molecule is N#CCN1CCCC1c1cccc(Nc2nc(C(=O)N3CCCC3)cs2)n1. The van der Waals surface area contributed by atoms with Crippen LogP contribution in [0.25, 0.3) is 0 Å². The van der Waals surface area contributed by atoms with Crippen LogP contribution in [-0.4, -0.2) is 51.9 Å². The molecule has 1 N–H and O–H groups in total. The third-order valence-electron chi connectivity index (χ3n) is 5.10. The van der Waals surface area contributed by atoms with Crippen molar-refractivity contribution in [3.63, 3.8) is 0 Å². The normalized spacial score (nSPS) is 20.0. The fourth-order valence-electron chi connectivity index (χ4n) is 3.77. The number of nitrogens with one attached hydrogen (secondary N) is 1. The van der Waals surface area contributed by atoms with E-state index in [9.17, 15) is 4.79 Å². The average Bonchev–Trinajstić information content (AvgIpc) is 3.44. The van der Waals surface area contributed by atoms with Crippen LogP contribution in [0.1, 0.15) is 47.9 Å². The third-order valence-corrected chi connectivity index (χ3v) is 5.86. The highest BCUT2D eigenvalue weighted by molar-refractivity contribution is 7.14. The van der Waals surface area contributed by atoms with Crippen LogP contribution < -0.4 is 5.32 Å². The van der Waals surface area contributed by atoms with E-state index >= 15 is 0 Å². The molecule has 0 aliphatic carbocycles. The minimum atomic E-state index is 0.0108. The van der Waals surface area contributed by atoms with E-state index in [4.69, 9.17) is 10.2 Å². The van der Waals surface area contributed by atoms with Gasteiger partial charge in [0.2, 0.25) is 0 Å². The summed E-state index contributed by atoms with van der Waals surface area (Å²) in [5.41, 5.74) is 1.47. The van der Waals surface area contributed by atoms with Gasteiger partial charge in [0.15, 0.2) is 5.13 Å². The molecule has 27 heavy (non-hydrogen) atoms. The van der Waals surface area contributed by atoms with Gasteiger partial charge >= 0.3 is 0 Å². The fourth-order valence-corrected chi connectivity index (χ4v) is 4.46. The maximum absolute atomic E-state index is 12.4. The maximum Gasteiger partial charge on any atom is 0.273 e. The lowest BCUT2D eigenvalue weighted by atomic mass is 10.1. The zero-order valence-electron chi connectivity index (χ0n) is 15.1. The molecule has 0 radical (unpaired) electrons. The van der Waals surface area contributed by atoms with Gasteiger partial charge in [-0.25, -0.2) is 9.97 Å². The van der Waals surface area contributed by atoms with E-state index in [1.54, 1.807) is 5.38 Å². The zero-order chi connectivity index (χ0) is 18.6. The van der Waals surface area contributed by atoms with Gasteiger partial charge in [-0.2, -0.15) is 5.26 Å². The molecular formula is C19H22N6OS. The first-order chi connectivity index (χ1) is 13.2. The lowest BCUT2D eigenvalue weighted by molar-refractivity contribution is 0.0788. The number of thiazole rings is 1. The second-order valence-corrected chi connectivity index (χ2v) is 7.75. The molecule has 2 aliphatic rings. The van der Waals surface area contributed by atoms with E-state index in [0.717, 1.165) is 51.0 Å². The van der Waals surface area contributed by atoms with Crippen LogP contribution in [0, 0.1) is 11.3 Å². The molecule has 2 saturated heterocycles. The lowest BCUT2D eigenvalue weighted by Crippen LogP contribution is -2.27. The Balaban J connectivity index is 1.46. The van der Waals surface area contributed by atoms with E-state index in [2.05, 4.69) is 21.3 Å². The third kappa shape index (κ3) is 3.94. The number of amides is 1. The molecule has 4 rings (SSSR count). The van der Waals surface area contributed by atoms with Crippen molar-refractivity contribution < 1.29 is 4.79 Å². The smallest absolute Gasteiger partial charge is 0.273 e. The lowest BCUT2D eigenvalue weighted by Gasteiger charge is -2.21. The van der Waals surface area contributed by atoms with Gasteiger partial charge in [0.25, 0.3) is 5.91 Å². The highest BCUT2D eigenvalue weighted by Crippen LogP contribution is 2.31. The van der Waals surface area contributed by atoms with Crippen LogP contribution in [-0.2, 0) is 0 Å². The summed E-state index contributed by atoms with van der Waals surface area (Å²) in [6.45, 7) is 3.01. The summed E-state index contributed by atoms with van der Waals surface area (Å²) in [7, 11) is 0. The number of hydrogen-bond acceptors (Lipinski definition) is 7. The summed E-state index contributed by atoms with van der Waals surface area (Å²) in [4.78, 5) is 25.6. The summed E-state index contributed by atoms with van der Waals surface area (Å²) >= 11 is 1.42. The van der Waals surface area contributed by atoms with Crippen LogP contribution in [0.4, 0.5) is 10.9 Å². The minimum absolute atomic E-state index is 0.0108. The Hall–Kier alpha value is -2.50. The summed E-state index contributed by atoms with van der Waals surface area (Å²) < 4.78 is 0. The van der Waals surface area contributed by atoms with Gasteiger partial charge in [-0.1, -0.05) is 6.07 Å². The zero-order valence-corrected chi connectivity index (χ0v) is 15.9. The Bertz CT molecular complexity index is 854. The number of carbonyl (C=O) groups is 1. The van der Waals surface area contributed by atoms with Crippen molar-refractivity contribution in [1.29, 1.82) is 5.26 Å². The molecule has 1 unspecified atom stereocenters. The van der Waals surface area contributed by atoms with Gasteiger partial charge in [-0.15, -0.1) is 11.3 Å². The Morgan fingerprint density at radius 2 is 2.11 bits per heavy atom. The van der Waals surface area contributed by atoms with Crippen molar-refractivity contribution in [2.75, 3.05) is 31.5 Å². The average molecular weight is 382 g/mol. The molecule has 2 aromatic heterocycles.